The van der Waals surface area contributed by atoms with Gasteiger partial charge in [0.05, 0.1) is 21.8 Å². The fraction of sp³-hybridized carbons (Fsp3) is 0.200. The van der Waals surface area contributed by atoms with Gasteiger partial charge in [0.2, 0.25) is 0 Å². The molecule has 5 heterocycles. The quantitative estimate of drug-likeness (QED) is 0.162. The Labute approximate surface area is 384 Å². The molecular formula is C60H49BN2OS. The Hall–Kier alpha value is -6.56. The molecule has 0 unspecified atom stereocenters. The molecule has 5 heteroatoms. The van der Waals surface area contributed by atoms with Crippen molar-refractivity contribution in [2.24, 2.45) is 0 Å². The highest BCUT2D eigenvalue weighted by molar-refractivity contribution is 7.26. The maximum absolute atomic E-state index is 7.71. The Morgan fingerprint density at radius 2 is 1.32 bits per heavy atom. The Bertz CT molecular complexity index is 3890. The van der Waals surface area contributed by atoms with E-state index in [0.717, 1.165) is 29.8 Å². The summed E-state index contributed by atoms with van der Waals surface area (Å²) in [5.41, 5.74) is 18.6. The minimum absolute atomic E-state index is 0.0176. The van der Waals surface area contributed by atoms with Crippen LogP contribution < -0.4 is 16.0 Å². The van der Waals surface area contributed by atoms with Gasteiger partial charge in [0.25, 0.3) is 0 Å². The first-order valence-corrected chi connectivity index (χ1v) is 24.2. The van der Waals surface area contributed by atoms with Crippen LogP contribution in [0.5, 0.6) is 0 Å². The minimum Gasteiger partial charge on any atom is -0.466 e. The van der Waals surface area contributed by atoms with Crippen LogP contribution in [0.3, 0.4) is 0 Å². The fourth-order valence-electron chi connectivity index (χ4n) is 12.3. The smallest absolute Gasteiger partial charge is 0.376 e. The van der Waals surface area contributed by atoms with E-state index in [0.29, 0.717) is 0 Å². The summed E-state index contributed by atoms with van der Waals surface area (Å²) in [5.74, 6) is 0. The molecule has 65 heavy (non-hydrogen) atoms. The van der Waals surface area contributed by atoms with E-state index >= 15 is 0 Å². The molecule has 3 nitrogen and oxygen atoms in total. The van der Waals surface area contributed by atoms with Gasteiger partial charge in [0.1, 0.15) is 11.2 Å². The van der Waals surface area contributed by atoms with E-state index in [9.17, 15) is 0 Å². The second-order valence-electron chi connectivity index (χ2n) is 21.5. The predicted molar refractivity (Wildman–Crippen MR) is 280 cm³/mol. The minimum atomic E-state index is -0.212. The Kier molecular flexibility index (Phi) is 7.33. The molecule has 0 fully saturated rings. The molecule has 0 saturated carbocycles. The van der Waals surface area contributed by atoms with Gasteiger partial charge in [-0.2, -0.15) is 0 Å². The van der Waals surface area contributed by atoms with Crippen LogP contribution in [0.15, 0.2) is 150 Å². The average molecular weight is 857 g/mol. The SMILES string of the molecule is CC(C)(C)c1ccc(N2c3c(oc4cc5c(cc34)C(C)(C)CCC5(C)C)B3c4c(cc5c(sc6ccccc65)c42)-c2cccc4c5c6ccccc6ccc5n3c24)c(-c2ccccc2)c1. The van der Waals surface area contributed by atoms with Crippen molar-refractivity contribution in [2.45, 2.75) is 77.6 Å². The number of rotatable bonds is 2. The summed E-state index contributed by atoms with van der Waals surface area (Å²) in [6.45, 7) is 16.5. The van der Waals surface area contributed by atoms with Gasteiger partial charge < -0.3 is 13.8 Å². The van der Waals surface area contributed by atoms with Crippen molar-refractivity contribution >= 4 is 110 Å². The lowest BCUT2D eigenvalue weighted by molar-refractivity contribution is 0.332. The van der Waals surface area contributed by atoms with Crippen LogP contribution in [0, 0.1) is 0 Å². The summed E-state index contributed by atoms with van der Waals surface area (Å²) in [6.07, 6.45) is 2.29. The molecule has 1 aliphatic carbocycles. The van der Waals surface area contributed by atoms with Gasteiger partial charge in [-0.15, -0.1) is 11.3 Å². The molecule has 0 atom stereocenters. The zero-order valence-corrected chi connectivity index (χ0v) is 38.9. The molecule has 314 valence electrons. The number of hydrogen-bond donors (Lipinski definition) is 0. The largest absolute Gasteiger partial charge is 0.466 e. The van der Waals surface area contributed by atoms with Crippen LogP contribution in [-0.4, -0.2) is 11.3 Å². The number of hydrogen-bond acceptors (Lipinski definition) is 3. The number of aromatic nitrogens is 1. The predicted octanol–water partition coefficient (Wildman–Crippen LogP) is 15.8. The summed E-state index contributed by atoms with van der Waals surface area (Å²) in [7, 11) is 0. The van der Waals surface area contributed by atoms with Gasteiger partial charge in [0, 0.05) is 53.8 Å². The monoisotopic (exact) mass is 856 g/mol. The van der Waals surface area contributed by atoms with Crippen molar-refractivity contribution in [3.63, 3.8) is 0 Å². The summed E-state index contributed by atoms with van der Waals surface area (Å²) in [4.78, 5) is 2.67. The van der Waals surface area contributed by atoms with E-state index in [1.54, 1.807) is 0 Å². The number of benzene rings is 8. The third-order valence-electron chi connectivity index (χ3n) is 15.8. The van der Waals surface area contributed by atoms with Gasteiger partial charge in [-0.1, -0.05) is 152 Å². The van der Waals surface area contributed by atoms with Crippen LogP contribution in [0.4, 0.5) is 17.1 Å². The van der Waals surface area contributed by atoms with Crippen molar-refractivity contribution in [1.29, 1.82) is 0 Å². The molecule has 8 aromatic carbocycles. The van der Waals surface area contributed by atoms with Gasteiger partial charge in [-0.3, -0.25) is 0 Å². The fourth-order valence-corrected chi connectivity index (χ4v) is 13.5. The number of thiophene rings is 1. The average Bonchev–Trinajstić information content (AvgIpc) is 3.99. The van der Waals surface area contributed by atoms with E-state index in [4.69, 9.17) is 4.42 Å². The number of anilines is 3. The van der Waals surface area contributed by atoms with E-state index in [-0.39, 0.29) is 23.1 Å². The summed E-state index contributed by atoms with van der Waals surface area (Å²) in [6, 6.07) is 55.5. The van der Waals surface area contributed by atoms with Crippen LogP contribution in [0.25, 0.3) is 86.0 Å². The molecule has 2 aliphatic heterocycles. The highest BCUT2D eigenvalue weighted by Gasteiger charge is 2.49. The third-order valence-corrected chi connectivity index (χ3v) is 17.0. The lowest BCUT2D eigenvalue weighted by Gasteiger charge is -2.42. The lowest BCUT2D eigenvalue weighted by atomic mass is 9.47. The van der Waals surface area contributed by atoms with Crippen molar-refractivity contribution in [2.75, 3.05) is 4.90 Å². The first kappa shape index (κ1) is 37.8. The van der Waals surface area contributed by atoms with Gasteiger partial charge in [0.15, 0.2) is 0 Å². The first-order valence-electron chi connectivity index (χ1n) is 23.4. The summed E-state index contributed by atoms with van der Waals surface area (Å²) < 4.78 is 13.0. The van der Waals surface area contributed by atoms with Crippen molar-refractivity contribution < 1.29 is 4.42 Å². The molecule has 0 spiro atoms. The van der Waals surface area contributed by atoms with E-state index in [1.165, 1.54) is 114 Å². The standard InChI is InChI=1S/C60H49BN2OS/c1-58(2,3)36-25-27-47(41(30-36)34-16-9-8-10-17-34)62-54-44-32-45-46(60(6,7)29-28-59(45,4)5)33-49(44)64-57(54)61-52-42(31-43-38-20-13-14-23-50(38)65-56(43)55(52)62)39-21-15-22-40-51-37-19-12-11-18-35(37)24-26-48(51)63(61)53(39)40/h8-27,30-33H,28-29H2,1-7H3. The van der Waals surface area contributed by atoms with Crippen LogP contribution in [0.1, 0.15) is 78.0 Å². The molecule has 0 bridgehead atoms. The molecule has 3 aliphatic rings. The van der Waals surface area contributed by atoms with Crippen LogP contribution >= 0.6 is 11.3 Å². The molecule has 3 aromatic heterocycles. The van der Waals surface area contributed by atoms with Crippen LogP contribution in [-0.2, 0) is 16.2 Å². The van der Waals surface area contributed by atoms with E-state index in [2.05, 4.69) is 203 Å². The molecule has 0 amide bonds. The molecule has 11 aromatic rings. The van der Waals surface area contributed by atoms with Crippen LogP contribution in [0.2, 0.25) is 0 Å². The first-order chi connectivity index (χ1) is 31.4. The molecule has 0 N–H and O–H groups in total. The van der Waals surface area contributed by atoms with Gasteiger partial charge in [-0.05, 0) is 116 Å². The highest BCUT2D eigenvalue weighted by atomic mass is 32.1. The summed E-state index contributed by atoms with van der Waals surface area (Å²) in [5, 5.41) is 8.94. The van der Waals surface area contributed by atoms with E-state index in [1.807, 2.05) is 11.3 Å². The van der Waals surface area contributed by atoms with Crippen molar-refractivity contribution in [3.8, 4) is 22.3 Å². The summed E-state index contributed by atoms with van der Waals surface area (Å²) >= 11 is 1.93. The van der Waals surface area contributed by atoms with Crippen molar-refractivity contribution in [1.82, 2.24) is 4.48 Å². The number of nitrogens with zero attached hydrogens (tertiary/aromatic N) is 2. The molecule has 0 saturated heterocycles. The van der Waals surface area contributed by atoms with E-state index < -0.39 is 0 Å². The molecular weight excluding hydrogens is 808 g/mol. The second kappa shape index (κ2) is 12.6. The number of para-hydroxylation sites is 1. The zero-order chi connectivity index (χ0) is 43.9. The maximum atomic E-state index is 7.71. The van der Waals surface area contributed by atoms with Gasteiger partial charge in [-0.25, -0.2) is 0 Å². The lowest BCUT2D eigenvalue weighted by Crippen LogP contribution is -2.56. The number of fused-ring (bicyclic) bond motifs is 16. The normalized spacial score (nSPS) is 16.0. The molecule has 14 rings (SSSR count). The number of furan rings is 1. The maximum Gasteiger partial charge on any atom is 0.376 e. The van der Waals surface area contributed by atoms with Gasteiger partial charge >= 0.3 is 6.85 Å². The topological polar surface area (TPSA) is 21.3 Å². The Morgan fingerprint density at radius 3 is 2.12 bits per heavy atom. The molecule has 0 radical (unpaired) electrons. The Balaban J connectivity index is 1.22. The highest BCUT2D eigenvalue weighted by Crippen LogP contribution is 2.56. The third kappa shape index (κ3) is 4.97. The zero-order valence-electron chi connectivity index (χ0n) is 38.1. The Morgan fingerprint density at radius 1 is 0.600 bits per heavy atom. The second-order valence-corrected chi connectivity index (χ2v) is 22.5. The van der Waals surface area contributed by atoms with Crippen molar-refractivity contribution in [3.05, 3.63) is 162 Å².